The predicted molar refractivity (Wildman–Crippen MR) is 188 cm³/mol. The lowest BCUT2D eigenvalue weighted by molar-refractivity contribution is -0.174. The zero-order chi connectivity index (χ0) is 34.6. The largest absolute Gasteiger partial charge is 0.493 e. The number of carbonyl (C=O) groups excluding carboxylic acids is 2. The van der Waals surface area contributed by atoms with Crippen molar-refractivity contribution in [3.63, 3.8) is 0 Å². The van der Waals surface area contributed by atoms with Crippen LogP contribution in [-0.4, -0.2) is 50.4 Å². The van der Waals surface area contributed by atoms with Crippen molar-refractivity contribution in [2.24, 2.45) is 11.8 Å². The molecule has 1 aliphatic heterocycles. The van der Waals surface area contributed by atoms with Crippen LogP contribution in [0.3, 0.4) is 0 Å². The Labute approximate surface area is 289 Å². The number of ether oxygens (including phenoxy) is 5. The second kappa shape index (κ2) is 17.5. The summed E-state index contributed by atoms with van der Waals surface area (Å²) in [6.45, 7) is 5.48. The molecule has 0 spiro atoms. The van der Waals surface area contributed by atoms with Gasteiger partial charge in [0, 0.05) is 20.1 Å². The summed E-state index contributed by atoms with van der Waals surface area (Å²) in [4.78, 5) is 30.1. The molecule has 0 aliphatic carbocycles. The summed E-state index contributed by atoms with van der Waals surface area (Å²) < 4.78 is 29.1. The lowest BCUT2D eigenvalue weighted by Crippen LogP contribution is -2.55. The fourth-order valence-electron chi connectivity index (χ4n) is 6.37. The zero-order valence-electron chi connectivity index (χ0n) is 28.8. The smallest absolute Gasteiger partial charge is 0.411 e. The number of methoxy groups -OCH3 is 2. The first-order chi connectivity index (χ1) is 23.9. The van der Waals surface area contributed by atoms with Gasteiger partial charge >= 0.3 is 12.1 Å². The molecule has 49 heavy (non-hydrogen) atoms. The first-order valence-corrected chi connectivity index (χ1v) is 17.0. The first-order valence-electron chi connectivity index (χ1n) is 17.0. The molecule has 1 amide bonds. The SMILES string of the molecule is COCCCOc1cc(C[C@@H](C[C@H]2C(=O)O[C@H](c3ccccc3)[C@H](c3ccccc3)N2C(=O)OCc2ccccc2)C(C)C)ccc1OC. The highest BCUT2D eigenvalue weighted by Gasteiger charge is 2.49. The third kappa shape index (κ3) is 9.21. The van der Waals surface area contributed by atoms with E-state index in [1.807, 2.05) is 109 Å². The van der Waals surface area contributed by atoms with Crippen LogP contribution in [0.25, 0.3) is 0 Å². The van der Waals surface area contributed by atoms with Gasteiger partial charge in [0.05, 0.1) is 13.7 Å². The third-order valence-electron chi connectivity index (χ3n) is 9.07. The normalized spacial score (nSPS) is 18.1. The van der Waals surface area contributed by atoms with E-state index in [0.29, 0.717) is 37.6 Å². The molecule has 1 heterocycles. The molecule has 1 fully saturated rings. The molecule has 4 aromatic carbocycles. The van der Waals surface area contributed by atoms with E-state index in [4.69, 9.17) is 23.7 Å². The van der Waals surface area contributed by atoms with Crippen molar-refractivity contribution in [2.45, 2.75) is 57.9 Å². The molecule has 0 saturated carbocycles. The Morgan fingerprint density at radius 3 is 2.08 bits per heavy atom. The fourth-order valence-corrected chi connectivity index (χ4v) is 6.37. The van der Waals surface area contributed by atoms with Crippen LogP contribution >= 0.6 is 0 Å². The van der Waals surface area contributed by atoms with E-state index in [1.165, 1.54) is 0 Å². The van der Waals surface area contributed by atoms with Crippen molar-refractivity contribution < 1.29 is 33.3 Å². The number of rotatable bonds is 15. The number of carbonyl (C=O) groups is 2. The summed E-state index contributed by atoms with van der Waals surface area (Å²) in [5, 5.41) is 0. The summed E-state index contributed by atoms with van der Waals surface area (Å²) in [6.07, 6.45) is 0.529. The summed E-state index contributed by atoms with van der Waals surface area (Å²) in [7, 11) is 3.29. The van der Waals surface area contributed by atoms with E-state index in [-0.39, 0.29) is 18.4 Å². The number of esters is 1. The van der Waals surface area contributed by atoms with Crippen molar-refractivity contribution >= 4 is 12.1 Å². The quantitative estimate of drug-likeness (QED) is 0.0932. The van der Waals surface area contributed by atoms with Gasteiger partial charge in [-0.15, -0.1) is 0 Å². The number of benzene rings is 4. The maximum absolute atomic E-state index is 14.3. The van der Waals surface area contributed by atoms with Crippen LogP contribution in [0.5, 0.6) is 11.5 Å². The highest BCUT2D eigenvalue weighted by molar-refractivity contribution is 5.83. The van der Waals surface area contributed by atoms with Crippen LogP contribution in [0, 0.1) is 11.8 Å². The minimum absolute atomic E-state index is 0.0152. The fraction of sp³-hybridized carbons (Fsp3) is 0.366. The molecule has 1 aliphatic rings. The molecule has 4 atom stereocenters. The molecule has 258 valence electrons. The van der Waals surface area contributed by atoms with Gasteiger partial charge in [0.15, 0.2) is 17.6 Å². The number of nitrogens with zero attached hydrogens (tertiary/aromatic N) is 1. The topological polar surface area (TPSA) is 83.5 Å². The van der Waals surface area contributed by atoms with E-state index in [1.54, 1.807) is 19.1 Å². The molecule has 0 radical (unpaired) electrons. The highest BCUT2D eigenvalue weighted by Crippen LogP contribution is 2.44. The van der Waals surface area contributed by atoms with Gasteiger partial charge < -0.3 is 23.7 Å². The molecule has 8 heteroatoms. The van der Waals surface area contributed by atoms with E-state index < -0.39 is 30.3 Å². The van der Waals surface area contributed by atoms with Crippen molar-refractivity contribution in [3.8, 4) is 11.5 Å². The van der Waals surface area contributed by atoms with E-state index >= 15 is 0 Å². The van der Waals surface area contributed by atoms with Gasteiger partial charge in [0.1, 0.15) is 18.7 Å². The van der Waals surface area contributed by atoms with Gasteiger partial charge in [-0.3, -0.25) is 4.90 Å². The first kappa shape index (κ1) is 35.5. The molecule has 1 saturated heterocycles. The van der Waals surface area contributed by atoms with Crippen molar-refractivity contribution in [1.82, 2.24) is 4.90 Å². The van der Waals surface area contributed by atoms with Gasteiger partial charge in [-0.25, -0.2) is 9.59 Å². The van der Waals surface area contributed by atoms with Crippen molar-refractivity contribution in [3.05, 3.63) is 131 Å². The van der Waals surface area contributed by atoms with Crippen LogP contribution in [0.4, 0.5) is 4.79 Å². The molecule has 0 N–H and O–H groups in total. The number of hydrogen-bond acceptors (Lipinski definition) is 7. The van der Waals surface area contributed by atoms with Crippen LogP contribution in [0.1, 0.15) is 61.1 Å². The Bertz CT molecular complexity index is 1610. The lowest BCUT2D eigenvalue weighted by atomic mass is 9.82. The van der Waals surface area contributed by atoms with Gasteiger partial charge in [0.2, 0.25) is 0 Å². The molecule has 8 nitrogen and oxygen atoms in total. The maximum Gasteiger partial charge on any atom is 0.411 e. The van der Waals surface area contributed by atoms with Gasteiger partial charge in [-0.05, 0) is 59.1 Å². The summed E-state index contributed by atoms with van der Waals surface area (Å²) in [5.74, 6) is 1.08. The Kier molecular flexibility index (Phi) is 12.7. The van der Waals surface area contributed by atoms with E-state index in [9.17, 15) is 9.59 Å². The zero-order valence-corrected chi connectivity index (χ0v) is 28.8. The molecule has 5 rings (SSSR count). The Hall–Kier alpha value is -4.82. The van der Waals surface area contributed by atoms with Gasteiger partial charge in [-0.2, -0.15) is 0 Å². The summed E-state index contributed by atoms with van der Waals surface area (Å²) in [5.41, 5.74) is 3.57. The van der Waals surface area contributed by atoms with Gasteiger partial charge in [-0.1, -0.05) is 111 Å². The van der Waals surface area contributed by atoms with Crippen molar-refractivity contribution in [1.29, 1.82) is 0 Å². The van der Waals surface area contributed by atoms with Crippen LogP contribution in [0.15, 0.2) is 109 Å². The van der Waals surface area contributed by atoms with Gasteiger partial charge in [0.25, 0.3) is 0 Å². The maximum atomic E-state index is 14.3. The molecule has 0 aromatic heterocycles. The van der Waals surface area contributed by atoms with E-state index in [0.717, 1.165) is 28.7 Å². The van der Waals surface area contributed by atoms with Crippen LogP contribution in [-0.2, 0) is 32.0 Å². The number of cyclic esters (lactones) is 1. The average molecular weight is 666 g/mol. The Balaban J connectivity index is 1.48. The second-order valence-electron chi connectivity index (χ2n) is 12.7. The monoisotopic (exact) mass is 665 g/mol. The minimum Gasteiger partial charge on any atom is -0.493 e. The number of hydrogen-bond donors (Lipinski definition) is 0. The van der Waals surface area contributed by atoms with Crippen molar-refractivity contribution in [2.75, 3.05) is 27.4 Å². The molecular formula is C41H47NO7. The molecule has 0 bridgehead atoms. The van der Waals surface area contributed by atoms with Crippen LogP contribution < -0.4 is 9.47 Å². The molecule has 4 aromatic rings. The third-order valence-corrected chi connectivity index (χ3v) is 9.07. The number of amides is 1. The molecular weight excluding hydrogens is 618 g/mol. The second-order valence-corrected chi connectivity index (χ2v) is 12.7. The van der Waals surface area contributed by atoms with E-state index in [2.05, 4.69) is 13.8 Å². The average Bonchev–Trinajstić information content (AvgIpc) is 3.13. The Morgan fingerprint density at radius 2 is 1.45 bits per heavy atom. The number of morpholine rings is 1. The lowest BCUT2D eigenvalue weighted by Gasteiger charge is -2.45. The summed E-state index contributed by atoms with van der Waals surface area (Å²) >= 11 is 0. The van der Waals surface area contributed by atoms with Crippen LogP contribution in [0.2, 0.25) is 0 Å². The minimum atomic E-state index is -0.871. The highest BCUT2D eigenvalue weighted by atomic mass is 16.6. The Morgan fingerprint density at radius 1 is 0.796 bits per heavy atom. The molecule has 0 unspecified atom stereocenters. The standard InChI is InChI=1S/C41H47NO7/c1-29(2)34(25-31-21-22-36(46-4)37(26-31)47-24-14-23-45-3)27-35-40(43)49-39(33-19-12-7-13-20-33)38(32-17-10-6-11-18-32)42(35)41(44)48-28-30-15-8-5-9-16-30/h5-13,15-22,26,29,34-35,38-39H,14,23-25,27-28H2,1-4H3/t34-,35-,38-,39+/m0/s1. The summed E-state index contributed by atoms with van der Waals surface area (Å²) in [6, 6.07) is 33.4. The predicted octanol–water partition coefficient (Wildman–Crippen LogP) is 8.36.